The molecule has 0 bridgehead atoms. The number of thioether (sulfide) groups is 1. The van der Waals surface area contributed by atoms with Gasteiger partial charge in [0.25, 0.3) is 5.91 Å². The van der Waals surface area contributed by atoms with Crippen LogP contribution in [0, 0.1) is 0 Å². The third-order valence-corrected chi connectivity index (χ3v) is 8.06. The van der Waals surface area contributed by atoms with Crippen molar-refractivity contribution in [2.45, 2.75) is 18.3 Å². The Labute approximate surface area is 211 Å². The van der Waals surface area contributed by atoms with Crippen molar-refractivity contribution in [3.05, 3.63) is 107 Å². The Morgan fingerprint density at radius 2 is 1.43 bits per heavy atom. The van der Waals surface area contributed by atoms with Gasteiger partial charge in [-0.1, -0.05) is 72.8 Å². The molecule has 180 valence electrons. The Balaban J connectivity index is 1.17. The van der Waals surface area contributed by atoms with E-state index >= 15 is 0 Å². The van der Waals surface area contributed by atoms with Crippen molar-refractivity contribution in [1.29, 1.82) is 0 Å². The Kier molecular flexibility index (Phi) is 7.50. The number of carbonyl (C=O) groups excluding carboxylic acids is 2. The summed E-state index contributed by atoms with van der Waals surface area (Å²) in [6.07, 6.45) is 0.844. The van der Waals surface area contributed by atoms with E-state index in [1.165, 1.54) is 11.1 Å². The molecule has 0 spiro atoms. The average molecular weight is 486 g/mol. The van der Waals surface area contributed by atoms with Crippen LogP contribution in [0.1, 0.15) is 32.4 Å². The highest BCUT2D eigenvalue weighted by Crippen LogP contribution is 2.38. The van der Waals surface area contributed by atoms with Crippen molar-refractivity contribution < 1.29 is 9.59 Å². The molecule has 3 aromatic rings. The molecule has 2 amide bonds. The zero-order valence-electron chi connectivity index (χ0n) is 19.9. The molecule has 2 saturated heterocycles. The van der Waals surface area contributed by atoms with Crippen LogP contribution in [0.4, 0.5) is 0 Å². The maximum absolute atomic E-state index is 13.1. The molecule has 2 aliphatic heterocycles. The van der Waals surface area contributed by atoms with E-state index in [0.717, 1.165) is 50.3 Å². The summed E-state index contributed by atoms with van der Waals surface area (Å²) in [6.45, 7) is 4.89. The fourth-order valence-corrected chi connectivity index (χ4v) is 6.01. The van der Waals surface area contributed by atoms with Gasteiger partial charge in [-0.2, -0.15) is 0 Å². The minimum atomic E-state index is 0.0110. The third-order valence-electron chi connectivity index (χ3n) is 6.80. The maximum Gasteiger partial charge on any atom is 0.253 e. The van der Waals surface area contributed by atoms with Gasteiger partial charge < -0.3 is 9.80 Å². The Morgan fingerprint density at radius 3 is 2.09 bits per heavy atom. The van der Waals surface area contributed by atoms with Gasteiger partial charge in [0.2, 0.25) is 5.91 Å². The number of piperazine rings is 1. The lowest BCUT2D eigenvalue weighted by molar-refractivity contribution is -0.128. The van der Waals surface area contributed by atoms with E-state index in [-0.39, 0.29) is 17.2 Å². The van der Waals surface area contributed by atoms with E-state index < -0.39 is 0 Å². The first-order valence-electron chi connectivity index (χ1n) is 12.3. The van der Waals surface area contributed by atoms with Gasteiger partial charge in [0.15, 0.2) is 0 Å². The first-order valence-corrected chi connectivity index (χ1v) is 13.3. The van der Waals surface area contributed by atoms with Gasteiger partial charge in [0.1, 0.15) is 5.37 Å². The molecule has 0 saturated carbocycles. The first-order chi connectivity index (χ1) is 17.2. The van der Waals surface area contributed by atoms with Crippen LogP contribution < -0.4 is 0 Å². The Hall–Kier alpha value is -3.09. The number of carbonyl (C=O) groups is 2. The molecule has 35 heavy (non-hydrogen) atoms. The van der Waals surface area contributed by atoms with E-state index in [1.807, 2.05) is 58.3 Å². The van der Waals surface area contributed by atoms with Crippen molar-refractivity contribution in [2.24, 2.45) is 0 Å². The Bertz CT molecular complexity index is 1130. The van der Waals surface area contributed by atoms with Crippen LogP contribution >= 0.6 is 11.8 Å². The van der Waals surface area contributed by atoms with Crippen molar-refractivity contribution in [2.75, 3.05) is 38.5 Å². The molecule has 5 rings (SSSR count). The highest BCUT2D eigenvalue weighted by Gasteiger charge is 2.32. The minimum absolute atomic E-state index is 0.0110. The highest BCUT2D eigenvalue weighted by atomic mass is 32.2. The summed E-state index contributed by atoms with van der Waals surface area (Å²) >= 11 is 1.67. The summed E-state index contributed by atoms with van der Waals surface area (Å²) in [7, 11) is 0. The molecule has 2 heterocycles. The van der Waals surface area contributed by atoms with Gasteiger partial charge in [-0.05, 0) is 35.2 Å². The summed E-state index contributed by atoms with van der Waals surface area (Å²) in [4.78, 5) is 32.0. The number of rotatable bonds is 7. The molecular formula is C29H31N3O2S. The summed E-state index contributed by atoms with van der Waals surface area (Å²) in [5.41, 5.74) is 4.35. The van der Waals surface area contributed by atoms with E-state index in [0.29, 0.717) is 12.3 Å². The lowest BCUT2D eigenvalue weighted by Crippen LogP contribution is -2.48. The van der Waals surface area contributed by atoms with Crippen LogP contribution in [0.15, 0.2) is 84.9 Å². The normalized spacial score (nSPS) is 18.7. The molecule has 0 unspecified atom stereocenters. The lowest BCUT2D eigenvalue weighted by Gasteiger charge is -2.35. The minimum Gasteiger partial charge on any atom is -0.336 e. The number of benzene rings is 3. The molecule has 3 aromatic carbocycles. The van der Waals surface area contributed by atoms with Gasteiger partial charge in [-0.3, -0.25) is 14.5 Å². The topological polar surface area (TPSA) is 43.9 Å². The highest BCUT2D eigenvalue weighted by molar-refractivity contribution is 8.00. The van der Waals surface area contributed by atoms with Crippen LogP contribution in [0.25, 0.3) is 0 Å². The molecule has 0 aliphatic carbocycles. The zero-order chi connectivity index (χ0) is 24.0. The molecule has 5 nitrogen and oxygen atoms in total. The molecule has 0 aromatic heterocycles. The molecule has 6 heteroatoms. The Morgan fingerprint density at radius 1 is 0.800 bits per heavy atom. The summed E-state index contributed by atoms with van der Waals surface area (Å²) in [5.74, 6) is 0.782. The summed E-state index contributed by atoms with van der Waals surface area (Å²) in [6, 6.07) is 28.6. The molecule has 0 N–H and O–H groups in total. The van der Waals surface area contributed by atoms with Crippen LogP contribution in [0.3, 0.4) is 0 Å². The number of nitrogens with zero attached hydrogens (tertiary/aromatic N) is 3. The van der Waals surface area contributed by atoms with Crippen LogP contribution in [-0.4, -0.2) is 65.0 Å². The second kappa shape index (κ2) is 11.1. The van der Waals surface area contributed by atoms with Crippen LogP contribution in [0.2, 0.25) is 0 Å². The van der Waals surface area contributed by atoms with Crippen molar-refractivity contribution in [1.82, 2.24) is 14.7 Å². The molecule has 2 aliphatic rings. The SMILES string of the molecule is O=C(c1ccc([C@@H]2SCC(=O)N2CCc2ccccc2)cc1)N1CCN(Cc2ccccc2)CC1. The van der Waals surface area contributed by atoms with Gasteiger partial charge in [-0.15, -0.1) is 11.8 Å². The average Bonchev–Trinajstić information content (AvgIpc) is 3.29. The summed E-state index contributed by atoms with van der Waals surface area (Å²) in [5, 5.41) is 0.0110. The number of hydrogen-bond acceptors (Lipinski definition) is 4. The fraction of sp³-hybridized carbons (Fsp3) is 0.310. The second-order valence-electron chi connectivity index (χ2n) is 9.16. The monoisotopic (exact) mass is 485 g/mol. The van der Waals surface area contributed by atoms with Crippen LogP contribution in [0.5, 0.6) is 0 Å². The van der Waals surface area contributed by atoms with E-state index in [4.69, 9.17) is 0 Å². The standard InChI is InChI=1S/C29H31N3O2S/c33-27-22-35-29(32(27)16-15-23-7-3-1-4-8-23)26-13-11-25(12-14-26)28(34)31-19-17-30(18-20-31)21-24-9-5-2-6-10-24/h1-14,29H,15-22H2/t29-/m0/s1. The predicted molar refractivity (Wildman–Crippen MR) is 141 cm³/mol. The predicted octanol–water partition coefficient (Wildman–Crippen LogP) is 4.46. The molecule has 0 radical (unpaired) electrons. The van der Waals surface area contributed by atoms with Gasteiger partial charge in [0.05, 0.1) is 5.75 Å². The summed E-state index contributed by atoms with van der Waals surface area (Å²) < 4.78 is 0. The molecular weight excluding hydrogens is 454 g/mol. The van der Waals surface area contributed by atoms with Gasteiger partial charge in [0, 0.05) is 44.8 Å². The number of amides is 2. The maximum atomic E-state index is 13.1. The van der Waals surface area contributed by atoms with Crippen molar-refractivity contribution >= 4 is 23.6 Å². The fourth-order valence-electron chi connectivity index (χ4n) is 4.79. The number of hydrogen-bond donors (Lipinski definition) is 0. The molecule has 2 fully saturated rings. The lowest BCUT2D eigenvalue weighted by atomic mass is 10.1. The van der Waals surface area contributed by atoms with Crippen LogP contribution in [-0.2, 0) is 17.8 Å². The third kappa shape index (κ3) is 5.77. The zero-order valence-corrected chi connectivity index (χ0v) is 20.7. The largest absolute Gasteiger partial charge is 0.336 e. The van der Waals surface area contributed by atoms with Gasteiger partial charge >= 0.3 is 0 Å². The van der Waals surface area contributed by atoms with E-state index in [2.05, 4.69) is 41.3 Å². The second-order valence-corrected chi connectivity index (χ2v) is 10.2. The van der Waals surface area contributed by atoms with Crippen molar-refractivity contribution in [3.8, 4) is 0 Å². The molecule has 1 atom stereocenters. The van der Waals surface area contributed by atoms with Gasteiger partial charge in [-0.25, -0.2) is 0 Å². The smallest absolute Gasteiger partial charge is 0.253 e. The van der Waals surface area contributed by atoms with E-state index in [9.17, 15) is 9.59 Å². The first kappa shape index (κ1) is 23.6. The quantitative estimate of drug-likeness (QED) is 0.496. The van der Waals surface area contributed by atoms with E-state index in [1.54, 1.807) is 11.8 Å². The van der Waals surface area contributed by atoms with Crippen molar-refractivity contribution in [3.63, 3.8) is 0 Å².